The quantitative estimate of drug-likeness (QED) is 0.0303. The number of carbonyl (C=O) groups excluding carboxylic acids is 7. The van der Waals surface area contributed by atoms with Gasteiger partial charge in [0.05, 0.1) is 30.1 Å². The molecule has 0 radical (unpaired) electrons. The molecule has 0 saturated carbocycles. The summed E-state index contributed by atoms with van der Waals surface area (Å²) in [7, 11) is 1.46. The summed E-state index contributed by atoms with van der Waals surface area (Å²) >= 11 is 6.45. The van der Waals surface area contributed by atoms with E-state index in [0.717, 1.165) is 44.9 Å². The first-order chi connectivity index (χ1) is 38.6. The Morgan fingerprint density at radius 3 is 1.79 bits per heavy atom. The summed E-state index contributed by atoms with van der Waals surface area (Å²) in [5.74, 6) is -0.877. The molecule has 4 N–H and O–H groups in total. The maximum absolute atomic E-state index is 13.7. The van der Waals surface area contributed by atoms with Crippen LogP contribution in [0.4, 0.5) is 21.9 Å². The molecule has 7 rings (SSSR count). The SMILES string of the molecule is COc1ccc(C)cc1NC(=O)C(C(=O)C(C)(C)C)N1C(=O)NC(C)(C)C1=O.Cc1ccc(OCCCC(=O)Nc2ccc(Cl)c(NC(=O)C(Oc3ccc(Cc4ccc(OCc5ccccc5)cc4)cc3)C(=O)C(C)(C)C)c2)c(C)c1. The Morgan fingerprint density at radius 1 is 0.634 bits per heavy atom. The molecule has 1 aliphatic rings. The van der Waals surface area contributed by atoms with Crippen molar-refractivity contribution in [3.63, 3.8) is 0 Å². The maximum Gasteiger partial charge on any atom is 0.326 e. The third-order valence-corrected chi connectivity index (χ3v) is 13.4. The van der Waals surface area contributed by atoms with E-state index in [-0.39, 0.29) is 23.0 Å². The Bertz CT molecular complexity index is 3280. The summed E-state index contributed by atoms with van der Waals surface area (Å²) in [6, 6.07) is 38.9. The van der Waals surface area contributed by atoms with Crippen molar-refractivity contribution < 1.29 is 52.5 Å². The number of halogens is 1. The lowest BCUT2D eigenvalue weighted by Crippen LogP contribution is -2.55. The lowest BCUT2D eigenvalue weighted by molar-refractivity contribution is -0.144. The van der Waals surface area contributed by atoms with E-state index >= 15 is 0 Å². The number of aryl methyl sites for hydroxylation is 3. The lowest BCUT2D eigenvalue weighted by atomic mass is 9.85. The second-order valence-corrected chi connectivity index (χ2v) is 23.2. The van der Waals surface area contributed by atoms with Gasteiger partial charge in [-0.1, -0.05) is 132 Å². The highest BCUT2D eigenvalue weighted by Crippen LogP contribution is 2.32. The highest BCUT2D eigenvalue weighted by molar-refractivity contribution is 6.34. The number of urea groups is 1. The average molecular weight is 1140 g/mol. The summed E-state index contributed by atoms with van der Waals surface area (Å²) < 4.78 is 23.1. The molecule has 6 aromatic carbocycles. The Labute approximate surface area is 485 Å². The molecule has 82 heavy (non-hydrogen) atoms. The van der Waals surface area contributed by atoms with Gasteiger partial charge in [0.15, 0.2) is 17.6 Å². The zero-order chi connectivity index (χ0) is 60.1. The van der Waals surface area contributed by atoms with Crippen molar-refractivity contribution in [2.75, 3.05) is 29.7 Å². The van der Waals surface area contributed by atoms with Gasteiger partial charge in [-0.3, -0.25) is 28.8 Å². The molecule has 2 unspecified atom stereocenters. The van der Waals surface area contributed by atoms with Crippen LogP contribution in [0, 0.1) is 31.6 Å². The number of rotatable bonds is 21. The van der Waals surface area contributed by atoms with Crippen molar-refractivity contribution in [3.05, 3.63) is 172 Å². The molecular weight excluding hydrogens is 1060 g/mol. The van der Waals surface area contributed by atoms with Gasteiger partial charge in [-0.15, -0.1) is 0 Å². The number of benzene rings is 6. The van der Waals surface area contributed by atoms with Crippen molar-refractivity contribution in [1.82, 2.24) is 10.2 Å². The van der Waals surface area contributed by atoms with Crippen molar-refractivity contribution >= 4 is 69.9 Å². The van der Waals surface area contributed by atoms with E-state index in [9.17, 15) is 33.6 Å². The molecule has 432 valence electrons. The number of imide groups is 1. The van der Waals surface area contributed by atoms with Gasteiger partial charge in [0.25, 0.3) is 17.7 Å². The number of carbonyl (C=O) groups is 7. The Balaban J connectivity index is 0.000000324. The molecule has 1 fully saturated rings. The first kappa shape index (κ1) is 62.7. The molecular formula is C65H74ClN5O11. The number of nitrogens with zero attached hydrogens (tertiary/aromatic N) is 1. The van der Waals surface area contributed by atoms with Gasteiger partial charge >= 0.3 is 6.03 Å². The average Bonchev–Trinajstić information content (AvgIpc) is 3.35. The monoisotopic (exact) mass is 1140 g/mol. The van der Waals surface area contributed by atoms with E-state index in [0.29, 0.717) is 53.8 Å². The summed E-state index contributed by atoms with van der Waals surface area (Å²) in [6.07, 6.45) is -0.0223. The summed E-state index contributed by atoms with van der Waals surface area (Å²) in [5, 5.41) is 11.0. The molecule has 6 aromatic rings. The van der Waals surface area contributed by atoms with Gasteiger partial charge in [-0.2, -0.15) is 0 Å². The molecule has 0 aromatic heterocycles. The highest BCUT2D eigenvalue weighted by Gasteiger charge is 2.53. The minimum atomic E-state index is -1.60. The zero-order valence-electron chi connectivity index (χ0n) is 48.7. The van der Waals surface area contributed by atoms with Crippen molar-refractivity contribution in [2.24, 2.45) is 10.8 Å². The minimum Gasteiger partial charge on any atom is -0.495 e. The van der Waals surface area contributed by atoms with Crippen LogP contribution in [0.5, 0.6) is 23.0 Å². The smallest absolute Gasteiger partial charge is 0.326 e. The third kappa shape index (κ3) is 17.3. The molecule has 16 nitrogen and oxygen atoms in total. The molecule has 1 aliphatic heterocycles. The normalized spacial score (nSPS) is 13.5. The van der Waals surface area contributed by atoms with Crippen LogP contribution in [0.2, 0.25) is 5.02 Å². The van der Waals surface area contributed by atoms with Crippen molar-refractivity contribution in [3.8, 4) is 23.0 Å². The number of hydrogen-bond acceptors (Lipinski definition) is 11. The van der Waals surface area contributed by atoms with E-state index in [4.69, 9.17) is 30.5 Å². The minimum absolute atomic E-state index is 0.212. The standard InChI is InChI=1S/C45H47ClN2O6.C20H27N3O5/c1-30-13-24-40(31(2)26-30)52-25-9-12-41(49)47-35-18-23-38(46)39(28-35)48-44(51)42(43(50)45(3,4)5)54-37-21-16-33(17-22-37)27-32-14-19-36(20-15-32)53-29-34-10-7-6-8-11-34;1-11-8-9-13(28-7)12(10-11)21-16(25)14(15(24)19(2,3)4)23-17(26)20(5,6)22-18(23)27/h6-8,10-11,13-24,26,28,42H,9,12,25,27,29H2,1-5H3,(H,47,49)(H,48,51);8-10,14H,1-7H3,(H,21,25)(H,22,27). The van der Waals surface area contributed by atoms with Gasteiger partial charge in [0.1, 0.15) is 35.1 Å². The topological polar surface area (TPSA) is 208 Å². The maximum atomic E-state index is 13.7. The first-order valence-corrected chi connectivity index (χ1v) is 27.3. The highest BCUT2D eigenvalue weighted by atomic mass is 35.5. The predicted octanol–water partition coefficient (Wildman–Crippen LogP) is 12.2. The zero-order valence-corrected chi connectivity index (χ0v) is 49.5. The van der Waals surface area contributed by atoms with Crippen LogP contribution in [0.15, 0.2) is 133 Å². The number of anilines is 3. The lowest BCUT2D eigenvalue weighted by Gasteiger charge is -2.29. The number of methoxy groups -OCH3 is 1. The third-order valence-electron chi connectivity index (χ3n) is 13.1. The van der Waals surface area contributed by atoms with Gasteiger partial charge in [0.2, 0.25) is 12.0 Å². The van der Waals surface area contributed by atoms with Gasteiger partial charge < -0.3 is 40.2 Å². The van der Waals surface area contributed by atoms with E-state index in [1.54, 1.807) is 84.0 Å². The van der Waals surface area contributed by atoms with Crippen LogP contribution in [-0.2, 0) is 41.8 Å². The molecule has 6 amide bonds. The van der Waals surface area contributed by atoms with Crippen LogP contribution in [0.3, 0.4) is 0 Å². The number of amides is 6. The molecule has 1 saturated heterocycles. The first-order valence-electron chi connectivity index (χ1n) is 26.9. The Kier molecular flexibility index (Phi) is 20.9. The number of hydrogen-bond donors (Lipinski definition) is 4. The largest absolute Gasteiger partial charge is 0.495 e. The molecule has 1 heterocycles. The fourth-order valence-electron chi connectivity index (χ4n) is 8.51. The van der Waals surface area contributed by atoms with E-state index in [1.807, 2.05) is 106 Å². The molecule has 17 heteroatoms. The summed E-state index contributed by atoms with van der Waals surface area (Å²) in [4.78, 5) is 91.9. The second kappa shape index (κ2) is 27.3. The van der Waals surface area contributed by atoms with Gasteiger partial charge in [-0.05, 0) is 136 Å². The van der Waals surface area contributed by atoms with E-state index < -0.39 is 63.8 Å². The summed E-state index contributed by atoms with van der Waals surface area (Å²) in [6.45, 7) is 19.9. The molecule has 0 spiro atoms. The predicted molar refractivity (Wildman–Crippen MR) is 319 cm³/mol. The number of ether oxygens (including phenoxy) is 4. The van der Waals surface area contributed by atoms with Gasteiger partial charge in [-0.25, -0.2) is 9.69 Å². The van der Waals surface area contributed by atoms with E-state index in [1.165, 1.54) is 21.0 Å². The van der Waals surface area contributed by atoms with Gasteiger partial charge in [0, 0.05) is 22.9 Å². The fourth-order valence-corrected chi connectivity index (χ4v) is 8.68. The fraction of sp³-hybridized carbons (Fsp3) is 0.338. The second-order valence-electron chi connectivity index (χ2n) is 22.7. The number of ketones is 2. The van der Waals surface area contributed by atoms with Crippen molar-refractivity contribution in [1.29, 1.82) is 0 Å². The van der Waals surface area contributed by atoms with Crippen LogP contribution in [-0.4, -0.2) is 77.5 Å². The van der Waals surface area contributed by atoms with Crippen molar-refractivity contribution in [2.45, 2.75) is 120 Å². The van der Waals surface area contributed by atoms with Crippen LogP contribution < -0.4 is 40.2 Å². The molecule has 0 aliphatic carbocycles. The van der Waals surface area contributed by atoms with E-state index in [2.05, 4.69) is 27.3 Å². The Hall–Kier alpha value is -8.50. The van der Waals surface area contributed by atoms with Crippen LogP contribution >= 0.6 is 11.6 Å². The van der Waals surface area contributed by atoms with Crippen LogP contribution in [0.25, 0.3) is 0 Å². The van der Waals surface area contributed by atoms with Crippen LogP contribution in [0.1, 0.15) is 102 Å². The number of Topliss-reactive ketones (excluding diaryl/α,β-unsaturated/α-hetero) is 2. The summed E-state index contributed by atoms with van der Waals surface area (Å²) in [5.41, 5.74) is 4.32. The molecule has 2 atom stereocenters. The Morgan fingerprint density at radius 2 is 1.22 bits per heavy atom. The number of nitrogens with one attached hydrogen (secondary N) is 4. The molecule has 0 bridgehead atoms.